The Kier molecular flexibility index (Phi) is 4.69. The van der Waals surface area contributed by atoms with Crippen LogP contribution in [0.5, 0.6) is 0 Å². The predicted molar refractivity (Wildman–Crippen MR) is 65.1 cm³/mol. The summed E-state index contributed by atoms with van der Waals surface area (Å²) in [6, 6.07) is 0. The third-order valence-corrected chi connectivity index (χ3v) is 3.96. The Bertz CT molecular complexity index is 268. The highest BCUT2D eigenvalue weighted by atomic mass is 16.1. The van der Waals surface area contributed by atoms with Crippen molar-refractivity contribution in [2.24, 2.45) is 23.7 Å². The van der Waals surface area contributed by atoms with Crippen molar-refractivity contribution in [1.82, 2.24) is 0 Å². The summed E-state index contributed by atoms with van der Waals surface area (Å²) in [4.78, 5) is 23.3. The molecule has 1 fully saturated rings. The van der Waals surface area contributed by atoms with Crippen molar-refractivity contribution in [3.63, 3.8) is 0 Å². The van der Waals surface area contributed by atoms with Crippen LogP contribution in [0.2, 0.25) is 0 Å². The van der Waals surface area contributed by atoms with Gasteiger partial charge in [-0.05, 0) is 38.0 Å². The first-order valence-electron chi connectivity index (χ1n) is 6.46. The summed E-state index contributed by atoms with van der Waals surface area (Å²) in [5.41, 5.74) is 0. The molecule has 1 saturated carbocycles. The molecule has 2 heteroatoms. The first-order valence-corrected chi connectivity index (χ1v) is 6.46. The molecule has 0 heterocycles. The molecule has 1 aliphatic rings. The van der Waals surface area contributed by atoms with Crippen LogP contribution in [0, 0.1) is 23.7 Å². The van der Waals surface area contributed by atoms with E-state index in [1.54, 1.807) is 6.92 Å². The van der Waals surface area contributed by atoms with Gasteiger partial charge in [0.2, 0.25) is 0 Å². The van der Waals surface area contributed by atoms with Crippen LogP contribution < -0.4 is 0 Å². The van der Waals surface area contributed by atoms with Crippen molar-refractivity contribution in [2.45, 2.75) is 53.4 Å². The second-order valence-electron chi connectivity index (χ2n) is 5.65. The third kappa shape index (κ3) is 3.16. The van der Waals surface area contributed by atoms with Crippen molar-refractivity contribution in [3.8, 4) is 0 Å². The van der Waals surface area contributed by atoms with Gasteiger partial charge in [-0.15, -0.1) is 0 Å². The summed E-state index contributed by atoms with van der Waals surface area (Å²) in [7, 11) is 0. The van der Waals surface area contributed by atoms with Crippen LogP contribution in [0.3, 0.4) is 0 Å². The molecular formula is C14H24O2. The van der Waals surface area contributed by atoms with E-state index in [4.69, 9.17) is 0 Å². The molecule has 0 aromatic rings. The molecule has 0 amide bonds. The largest absolute Gasteiger partial charge is 0.300 e. The molecule has 0 N–H and O–H groups in total. The van der Waals surface area contributed by atoms with E-state index in [9.17, 15) is 9.59 Å². The lowest BCUT2D eigenvalue weighted by Crippen LogP contribution is -2.36. The van der Waals surface area contributed by atoms with Gasteiger partial charge in [0.1, 0.15) is 11.6 Å². The maximum absolute atomic E-state index is 12.3. The Morgan fingerprint density at radius 3 is 2.50 bits per heavy atom. The van der Waals surface area contributed by atoms with Crippen LogP contribution in [0.25, 0.3) is 0 Å². The SMILES string of the molecule is CC(=O)CC[C@H]1C(=O)[C@@H](C(C)C)CC[C@@H]1C. The van der Waals surface area contributed by atoms with Gasteiger partial charge in [-0.2, -0.15) is 0 Å². The van der Waals surface area contributed by atoms with Crippen LogP contribution in [0.1, 0.15) is 53.4 Å². The van der Waals surface area contributed by atoms with Gasteiger partial charge < -0.3 is 4.79 Å². The molecular weight excluding hydrogens is 200 g/mol. The molecule has 1 aliphatic carbocycles. The van der Waals surface area contributed by atoms with Crippen LogP contribution >= 0.6 is 0 Å². The number of carbonyl (C=O) groups excluding carboxylic acids is 2. The summed E-state index contributed by atoms with van der Waals surface area (Å²) >= 11 is 0. The van der Waals surface area contributed by atoms with Gasteiger partial charge in [-0.3, -0.25) is 4.79 Å². The quantitative estimate of drug-likeness (QED) is 0.734. The summed E-state index contributed by atoms with van der Waals surface area (Å²) in [6.07, 6.45) is 3.50. The van der Waals surface area contributed by atoms with Gasteiger partial charge in [-0.1, -0.05) is 20.8 Å². The lowest BCUT2D eigenvalue weighted by Gasteiger charge is -2.34. The minimum Gasteiger partial charge on any atom is -0.300 e. The maximum Gasteiger partial charge on any atom is 0.139 e. The predicted octanol–water partition coefficient (Wildman–Crippen LogP) is 3.24. The molecule has 3 atom stereocenters. The zero-order valence-corrected chi connectivity index (χ0v) is 11.0. The van der Waals surface area contributed by atoms with Gasteiger partial charge in [0.25, 0.3) is 0 Å². The first kappa shape index (κ1) is 13.4. The van der Waals surface area contributed by atoms with Crippen molar-refractivity contribution >= 4 is 11.6 Å². The highest BCUT2D eigenvalue weighted by Crippen LogP contribution is 2.36. The van der Waals surface area contributed by atoms with Crippen molar-refractivity contribution in [2.75, 3.05) is 0 Å². The standard InChI is InChI=1S/C14H24O2/c1-9(2)12-7-5-10(3)13(14(12)16)8-6-11(4)15/h9-10,12-13H,5-8H2,1-4H3/t10-,12+,13+/m0/s1. The Hall–Kier alpha value is -0.660. The van der Waals surface area contributed by atoms with Gasteiger partial charge in [0, 0.05) is 18.3 Å². The van der Waals surface area contributed by atoms with Crippen LogP contribution in [-0.4, -0.2) is 11.6 Å². The maximum atomic E-state index is 12.3. The van der Waals surface area contributed by atoms with Crippen LogP contribution in [0.4, 0.5) is 0 Å². The average Bonchev–Trinajstić information content (AvgIpc) is 2.16. The summed E-state index contributed by atoms with van der Waals surface area (Å²) in [6.45, 7) is 8.01. The van der Waals surface area contributed by atoms with E-state index in [0.717, 1.165) is 19.3 Å². The zero-order chi connectivity index (χ0) is 12.3. The van der Waals surface area contributed by atoms with Gasteiger partial charge >= 0.3 is 0 Å². The van der Waals surface area contributed by atoms with Crippen LogP contribution in [0.15, 0.2) is 0 Å². The van der Waals surface area contributed by atoms with E-state index in [1.165, 1.54) is 0 Å². The molecule has 16 heavy (non-hydrogen) atoms. The molecule has 0 unspecified atom stereocenters. The van der Waals surface area contributed by atoms with E-state index in [-0.39, 0.29) is 17.6 Å². The zero-order valence-electron chi connectivity index (χ0n) is 11.0. The van der Waals surface area contributed by atoms with Crippen molar-refractivity contribution < 1.29 is 9.59 Å². The van der Waals surface area contributed by atoms with E-state index in [0.29, 0.717) is 24.0 Å². The average molecular weight is 224 g/mol. The molecule has 0 saturated heterocycles. The molecule has 92 valence electrons. The molecule has 0 aliphatic heterocycles. The molecule has 1 rings (SSSR count). The minimum atomic E-state index is 0.130. The minimum absolute atomic E-state index is 0.130. The smallest absolute Gasteiger partial charge is 0.139 e. The Morgan fingerprint density at radius 2 is 2.00 bits per heavy atom. The number of rotatable bonds is 4. The van der Waals surface area contributed by atoms with E-state index in [2.05, 4.69) is 20.8 Å². The number of ketones is 2. The Labute approximate surface area is 98.8 Å². The van der Waals surface area contributed by atoms with Gasteiger partial charge in [-0.25, -0.2) is 0 Å². The van der Waals surface area contributed by atoms with E-state index >= 15 is 0 Å². The Morgan fingerprint density at radius 1 is 1.38 bits per heavy atom. The topological polar surface area (TPSA) is 34.1 Å². The lowest BCUT2D eigenvalue weighted by molar-refractivity contribution is -0.133. The van der Waals surface area contributed by atoms with E-state index in [1.807, 2.05) is 0 Å². The third-order valence-electron chi connectivity index (χ3n) is 3.96. The van der Waals surface area contributed by atoms with Crippen molar-refractivity contribution in [3.05, 3.63) is 0 Å². The highest BCUT2D eigenvalue weighted by Gasteiger charge is 2.36. The molecule has 2 nitrogen and oxygen atoms in total. The lowest BCUT2D eigenvalue weighted by atomic mass is 9.69. The second kappa shape index (κ2) is 5.60. The highest BCUT2D eigenvalue weighted by molar-refractivity contribution is 5.85. The molecule has 0 spiro atoms. The van der Waals surface area contributed by atoms with Gasteiger partial charge in [0.15, 0.2) is 0 Å². The molecule has 0 radical (unpaired) electrons. The summed E-state index contributed by atoms with van der Waals surface area (Å²) in [5.74, 6) is 1.88. The fourth-order valence-corrected chi connectivity index (χ4v) is 2.79. The molecule has 0 aromatic heterocycles. The second-order valence-corrected chi connectivity index (χ2v) is 5.65. The van der Waals surface area contributed by atoms with Gasteiger partial charge in [0.05, 0.1) is 0 Å². The summed E-state index contributed by atoms with van der Waals surface area (Å²) in [5, 5.41) is 0. The number of hydrogen-bond donors (Lipinski definition) is 0. The molecule has 0 bridgehead atoms. The van der Waals surface area contributed by atoms with E-state index < -0.39 is 0 Å². The fraction of sp³-hybridized carbons (Fsp3) is 0.857. The monoisotopic (exact) mass is 224 g/mol. The Balaban J connectivity index is 2.64. The first-order chi connectivity index (χ1) is 7.43. The number of hydrogen-bond acceptors (Lipinski definition) is 2. The summed E-state index contributed by atoms with van der Waals surface area (Å²) < 4.78 is 0. The van der Waals surface area contributed by atoms with Crippen molar-refractivity contribution in [1.29, 1.82) is 0 Å². The number of Topliss-reactive ketones (excluding diaryl/α,β-unsaturated/α-hetero) is 2. The molecule has 0 aromatic carbocycles. The van der Waals surface area contributed by atoms with Crippen LogP contribution in [-0.2, 0) is 9.59 Å². The number of carbonyl (C=O) groups is 2. The normalized spacial score (nSPS) is 30.8. The fourth-order valence-electron chi connectivity index (χ4n) is 2.79.